The zero-order chi connectivity index (χ0) is 15.2. The molecular weight excluding hydrogens is 270 g/mol. The summed E-state index contributed by atoms with van der Waals surface area (Å²) in [5, 5.41) is 14.5. The van der Waals surface area contributed by atoms with E-state index in [1.54, 1.807) is 6.20 Å². The Hall–Kier alpha value is -2.05. The number of anilines is 2. The van der Waals surface area contributed by atoms with Gasteiger partial charge in [-0.3, -0.25) is 0 Å². The molecule has 0 aromatic carbocycles. The first-order chi connectivity index (χ1) is 10.0. The number of amides is 1. The smallest absolute Gasteiger partial charge is 0.404 e. The molecule has 2 rings (SSSR count). The summed E-state index contributed by atoms with van der Waals surface area (Å²) in [6, 6.07) is 2.24. The molecule has 1 heterocycles. The lowest BCUT2D eigenvalue weighted by Gasteiger charge is -2.29. The van der Waals surface area contributed by atoms with Gasteiger partial charge < -0.3 is 20.6 Å². The highest BCUT2D eigenvalue weighted by atomic mass is 16.4. The van der Waals surface area contributed by atoms with Crippen molar-refractivity contribution in [2.75, 3.05) is 30.9 Å². The van der Waals surface area contributed by atoms with Crippen molar-refractivity contribution < 1.29 is 9.90 Å². The standard InChI is InChI=1S/C14H23N5O2/c1-19(2)12-7-8-15-13(18-12)17-11-5-3-10(4-6-11)9-16-14(20)21/h7-8,10-11,16H,3-6,9H2,1-2H3,(H,20,21)(H,15,17,18)/t10-,11+. The first kappa shape index (κ1) is 15.3. The third-order valence-electron chi connectivity index (χ3n) is 3.82. The number of carboxylic acid groups (broad SMARTS) is 1. The minimum absolute atomic E-state index is 0.364. The molecule has 0 radical (unpaired) electrons. The fourth-order valence-electron chi connectivity index (χ4n) is 2.59. The number of rotatable bonds is 5. The second-order valence-corrected chi connectivity index (χ2v) is 5.68. The highest BCUT2D eigenvalue weighted by Crippen LogP contribution is 2.25. The molecule has 21 heavy (non-hydrogen) atoms. The van der Waals surface area contributed by atoms with Gasteiger partial charge in [0.2, 0.25) is 5.95 Å². The van der Waals surface area contributed by atoms with Gasteiger partial charge in [0.25, 0.3) is 0 Å². The van der Waals surface area contributed by atoms with Crippen molar-refractivity contribution in [3.8, 4) is 0 Å². The Bertz CT molecular complexity index is 472. The molecule has 1 aromatic rings. The van der Waals surface area contributed by atoms with Gasteiger partial charge in [-0.05, 0) is 37.7 Å². The van der Waals surface area contributed by atoms with Crippen LogP contribution in [0.25, 0.3) is 0 Å². The van der Waals surface area contributed by atoms with E-state index in [9.17, 15) is 4.79 Å². The van der Waals surface area contributed by atoms with Crippen LogP contribution in [0.1, 0.15) is 25.7 Å². The molecule has 116 valence electrons. The van der Waals surface area contributed by atoms with Crippen molar-refractivity contribution in [2.45, 2.75) is 31.7 Å². The van der Waals surface area contributed by atoms with Crippen molar-refractivity contribution in [3.63, 3.8) is 0 Å². The third-order valence-corrected chi connectivity index (χ3v) is 3.82. The van der Waals surface area contributed by atoms with Crippen LogP contribution in [0, 0.1) is 5.92 Å². The summed E-state index contributed by atoms with van der Waals surface area (Å²) in [6.07, 6.45) is 4.89. The molecule has 0 atom stereocenters. The molecule has 1 aliphatic carbocycles. The van der Waals surface area contributed by atoms with E-state index in [2.05, 4.69) is 20.6 Å². The topological polar surface area (TPSA) is 90.4 Å². The zero-order valence-electron chi connectivity index (χ0n) is 12.5. The highest BCUT2D eigenvalue weighted by Gasteiger charge is 2.22. The van der Waals surface area contributed by atoms with E-state index in [1.807, 2.05) is 25.1 Å². The van der Waals surface area contributed by atoms with Crippen LogP contribution in [0.3, 0.4) is 0 Å². The van der Waals surface area contributed by atoms with Crippen molar-refractivity contribution in [3.05, 3.63) is 12.3 Å². The van der Waals surface area contributed by atoms with E-state index >= 15 is 0 Å². The van der Waals surface area contributed by atoms with E-state index in [0.29, 0.717) is 24.5 Å². The number of aromatic nitrogens is 2. The van der Waals surface area contributed by atoms with Gasteiger partial charge in [-0.15, -0.1) is 0 Å². The average molecular weight is 293 g/mol. The molecular formula is C14H23N5O2. The Kier molecular flexibility index (Phi) is 5.19. The number of carbonyl (C=O) groups is 1. The number of nitrogens with zero attached hydrogens (tertiary/aromatic N) is 3. The van der Waals surface area contributed by atoms with Crippen LogP contribution in [0.15, 0.2) is 12.3 Å². The molecule has 7 heteroatoms. The lowest BCUT2D eigenvalue weighted by molar-refractivity contribution is 0.190. The van der Waals surface area contributed by atoms with E-state index in [4.69, 9.17) is 5.11 Å². The zero-order valence-corrected chi connectivity index (χ0v) is 12.5. The van der Waals surface area contributed by atoms with Gasteiger partial charge in [0.1, 0.15) is 5.82 Å². The van der Waals surface area contributed by atoms with Crippen LogP contribution in [0.5, 0.6) is 0 Å². The molecule has 0 bridgehead atoms. The largest absolute Gasteiger partial charge is 0.465 e. The number of hydrogen-bond acceptors (Lipinski definition) is 5. The summed E-state index contributed by atoms with van der Waals surface area (Å²) in [5.74, 6) is 1.98. The Balaban J connectivity index is 1.80. The SMILES string of the molecule is CN(C)c1ccnc(N[C@H]2CC[C@@H](CNC(=O)O)CC2)n1. The lowest BCUT2D eigenvalue weighted by Crippen LogP contribution is -2.33. The summed E-state index contributed by atoms with van der Waals surface area (Å²) in [4.78, 5) is 21.2. The molecule has 0 unspecified atom stereocenters. The molecule has 0 saturated heterocycles. The number of nitrogens with one attached hydrogen (secondary N) is 2. The van der Waals surface area contributed by atoms with Gasteiger partial charge in [0.05, 0.1) is 0 Å². The molecule has 1 aliphatic rings. The predicted molar refractivity (Wildman–Crippen MR) is 81.8 cm³/mol. The summed E-state index contributed by atoms with van der Waals surface area (Å²) in [5.41, 5.74) is 0. The van der Waals surface area contributed by atoms with Crippen molar-refractivity contribution >= 4 is 17.9 Å². The first-order valence-electron chi connectivity index (χ1n) is 7.28. The monoisotopic (exact) mass is 293 g/mol. The minimum atomic E-state index is -0.941. The van der Waals surface area contributed by atoms with E-state index in [-0.39, 0.29) is 0 Å². The molecule has 3 N–H and O–H groups in total. The molecule has 0 spiro atoms. The summed E-state index contributed by atoms with van der Waals surface area (Å²) in [6.45, 7) is 0.550. The molecule has 1 fully saturated rings. The number of hydrogen-bond donors (Lipinski definition) is 3. The van der Waals surface area contributed by atoms with Gasteiger partial charge >= 0.3 is 6.09 Å². The predicted octanol–water partition coefficient (Wildman–Crippen LogP) is 1.78. The molecule has 1 aromatic heterocycles. The second kappa shape index (κ2) is 7.10. The quantitative estimate of drug-likeness (QED) is 0.766. The van der Waals surface area contributed by atoms with Gasteiger partial charge in [-0.2, -0.15) is 4.98 Å². The molecule has 0 aliphatic heterocycles. The van der Waals surface area contributed by atoms with Crippen LogP contribution in [0.2, 0.25) is 0 Å². The summed E-state index contributed by atoms with van der Waals surface area (Å²) >= 11 is 0. The second-order valence-electron chi connectivity index (χ2n) is 5.68. The van der Waals surface area contributed by atoms with Crippen LogP contribution >= 0.6 is 0 Å². The van der Waals surface area contributed by atoms with E-state index in [1.165, 1.54) is 0 Å². The fraction of sp³-hybridized carbons (Fsp3) is 0.643. The Morgan fingerprint density at radius 1 is 1.38 bits per heavy atom. The van der Waals surface area contributed by atoms with Crippen molar-refractivity contribution in [1.29, 1.82) is 0 Å². The lowest BCUT2D eigenvalue weighted by atomic mass is 9.86. The molecule has 1 amide bonds. The van der Waals surface area contributed by atoms with E-state index in [0.717, 1.165) is 31.5 Å². The van der Waals surface area contributed by atoms with Crippen LogP contribution < -0.4 is 15.5 Å². The Morgan fingerprint density at radius 2 is 2.10 bits per heavy atom. The maximum Gasteiger partial charge on any atom is 0.404 e. The van der Waals surface area contributed by atoms with Crippen molar-refractivity contribution in [1.82, 2.24) is 15.3 Å². The Labute approximate surface area is 124 Å². The van der Waals surface area contributed by atoms with Gasteiger partial charge in [-0.25, -0.2) is 9.78 Å². The van der Waals surface area contributed by atoms with Crippen molar-refractivity contribution in [2.24, 2.45) is 5.92 Å². The van der Waals surface area contributed by atoms with Crippen LogP contribution in [-0.4, -0.2) is 47.8 Å². The summed E-state index contributed by atoms with van der Waals surface area (Å²) in [7, 11) is 3.90. The maximum absolute atomic E-state index is 10.5. The van der Waals surface area contributed by atoms with Gasteiger partial charge in [0, 0.05) is 32.9 Å². The first-order valence-corrected chi connectivity index (χ1v) is 7.28. The average Bonchev–Trinajstić information content (AvgIpc) is 2.47. The summed E-state index contributed by atoms with van der Waals surface area (Å²) < 4.78 is 0. The third kappa shape index (κ3) is 4.77. The molecule has 1 saturated carbocycles. The van der Waals surface area contributed by atoms with Crippen LogP contribution in [0.4, 0.5) is 16.6 Å². The van der Waals surface area contributed by atoms with Gasteiger partial charge in [-0.1, -0.05) is 0 Å². The Morgan fingerprint density at radius 3 is 2.71 bits per heavy atom. The maximum atomic E-state index is 10.5. The van der Waals surface area contributed by atoms with Gasteiger partial charge in [0.15, 0.2) is 0 Å². The normalized spacial score (nSPS) is 21.6. The molecule has 7 nitrogen and oxygen atoms in total. The van der Waals surface area contributed by atoms with Crippen LogP contribution in [-0.2, 0) is 0 Å². The minimum Gasteiger partial charge on any atom is -0.465 e. The fourth-order valence-corrected chi connectivity index (χ4v) is 2.59. The van der Waals surface area contributed by atoms with E-state index < -0.39 is 6.09 Å². The highest BCUT2D eigenvalue weighted by molar-refractivity contribution is 5.64.